The van der Waals surface area contributed by atoms with Crippen LogP contribution in [0.4, 0.5) is 5.95 Å². The van der Waals surface area contributed by atoms with Crippen molar-refractivity contribution in [1.82, 2.24) is 14.9 Å². The van der Waals surface area contributed by atoms with Crippen molar-refractivity contribution in [2.24, 2.45) is 11.3 Å². The molecule has 27 heavy (non-hydrogen) atoms. The fourth-order valence-electron chi connectivity index (χ4n) is 4.09. The summed E-state index contributed by atoms with van der Waals surface area (Å²) in [6.45, 7) is 10.0. The Bertz CT molecular complexity index is 803. The van der Waals surface area contributed by atoms with Crippen LogP contribution in [0.3, 0.4) is 0 Å². The molecule has 144 valence electrons. The molecule has 0 radical (unpaired) electrons. The van der Waals surface area contributed by atoms with Crippen LogP contribution in [0.15, 0.2) is 24.5 Å². The number of aromatic nitrogens is 2. The maximum atomic E-state index is 13.0. The molecule has 1 amide bonds. The molecule has 2 aliphatic rings. The SMILES string of the molecule is CC(C)(C)[C@@H]1CCc2sc(C(=O)N3CCN(c4ncccn4)CC3)cc2C1. The Kier molecular flexibility index (Phi) is 4.93. The van der Waals surface area contributed by atoms with Gasteiger partial charge < -0.3 is 9.80 Å². The minimum atomic E-state index is 0.190. The maximum absolute atomic E-state index is 13.0. The largest absolute Gasteiger partial charge is 0.337 e. The summed E-state index contributed by atoms with van der Waals surface area (Å²) >= 11 is 1.72. The number of hydrogen-bond acceptors (Lipinski definition) is 5. The maximum Gasteiger partial charge on any atom is 0.264 e. The van der Waals surface area contributed by atoms with E-state index in [1.807, 2.05) is 11.0 Å². The first kappa shape index (κ1) is 18.4. The molecule has 4 rings (SSSR count). The van der Waals surface area contributed by atoms with Gasteiger partial charge in [-0.2, -0.15) is 0 Å². The lowest BCUT2D eigenvalue weighted by Crippen LogP contribution is -2.49. The third-order valence-electron chi connectivity index (χ3n) is 5.92. The summed E-state index contributed by atoms with van der Waals surface area (Å²) in [5.74, 6) is 1.65. The van der Waals surface area contributed by atoms with E-state index in [0.29, 0.717) is 11.3 Å². The molecule has 3 heterocycles. The highest BCUT2D eigenvalue weighted by Gasteiger charge is 2.31. The molecule has 2 aromatic rings. The molecule has 0 spiro atoms. The molecule has 1 aliphatic heterocycles. The van der Waals surface area contributed by atoms with E-state index in [1.165, 1.54) is 16.9 Å². The van der Waals surface area contributed by atoms with Gasteiger partial charge in [-0.3, -0.25) is 4.79 Å². The van der Waals surface area contributed by atoms with Crippen molar-refractivity contribution in [3.63, 3.8) is 0 Å². The third kappa shape index (κ3) is 3.86. The fourth-order valence-corrected chi connectivity index (χ4v) is 5.26. The van der Waals surface area contributed by atoms with Crippen molar-refractivity contribution in [2.45, 2.75) is 40.0 Å². The van der Waals surface area contributed by atoms with E-state index in [9.17, 15) is 4.79 Å². The van der Waals surface area contributed by atoms with Gasteiger partial charge in [0.2, 0.25) is 5.95 Å². The van der Waals surface area contributed by atoms with Gasteiger partial charge in [0.1, 0.15) is 0 Å². The average Bonchev–Trinajstić information content (AvgIpc) is 3.11. The first-order valence-electron chi connectivity index (χ1n) is 9.84. The smallest absolute Gasteiger partial charge is 0.264 e. The van der Waals surface area contributed by atoms with Gasteiger partial charge in [-0.1, -0.05) is 20.8 Å². The predicted molar refractivity (Wildman–Crippen MR) is 109 cm³/mol. The molecule has 0 N–H and O–H groups in total. The zero-order valence-electron chi connectivity index (χ0n) is 16.4. The first-order valence-corrected chi connectivity index (χ1v) is 10.7. The molecular formula is C21H28N4OS. The number of fused-ring (bicyclic) bond motifs is 1. The van der Waals surface area contributed by atoms with Crippen LogP contribution in [0.2, 0.25) is 0 Å². The van der Waals surface area contributed by atoms with Gasteiger partial charge in [-0.15, -0.1) is 11.3 Å². The lowest BCUT2D eigenvalue weighted by Gasteiger charge is -2.34. The Labute approximate surface area is 165 Å². The van der Waals surface area contributed by atoms with Crippen LogP contribution in [-0.2, 0) is 12.8 Å². The second kappa shape index (κ2) is 7.23. The molecule has 2 aromatic heterocycles. The van der Waals surface area contributed by atoms with Crippen molar-refractivity contribution >= 4 is 23.2 Å². The monoisotopic (exact) mass is 384 g/mol. The predicted octanol–water partition coefficient (Wildman–Crippen LogP) is 3.65. The van der Waals surface area contributed by atoms with E-state index >= 15 is 0 Å². The quantitative estimate of drug-likeness (QED) is 0.793. The molecule has 1 saturated heterocycles. The summed E-state index contributed by atoms with van der Waals surface area (Å²) in [5, 5.41) is 0. The van der Waals surface area contributed by atoms with E-state index in [4.69, 9.17) is 0 Å². The number of nitrogens with zero attached hydrogens (tertiary/aromatic N) is 4. The Hall–Kier alpha value is -1.95. The highest BCUT2D eigenvalue weighted by Crippen LogP contribution is 2.40. The Morgan fingerprint density at radius 1 is 1.15 bits per heavy atom. The van der Waals surface area contributed by atoms with Crippen molar-refractivity contribution in [3.8, 4) is 0 Å². The molecule has 0 aromatic carbocycles. The summed E-state index contributed by atoms with van der Waals surface area (Å²) in [7, 11) is 0. The van der Waals surface area contributed by atoms with Gasteiger partial charge in [-0.05, 0) is 48.3 Å². The number of aryl methyl sites for hydroxylation is 1. The second-order valence-corrected chi connectivity index (χ2v) is 9.83. The summed E-state index contributed by atoms with van der Waals surface area (Å²) in [6.07, 6.45) is 7.00. The molecule has 1 atom stereocenters. The van der Waals surface area contributed by atoms with E-state index in [2.05, 4.69) is 41.7 Å². The summed E-state index contributed by atoms with van der Waals surface area (Å²) < 4.78 is 0. The Morgan fingerprint density at radius 2 is 1.85 bits per heavy atom. The summed E-state index contributed by atoms with van der Waals surface area (Å²) in [5.41, 5.74) is 1.74. The van der Waals surface area contributed by atoms with Crippen molar-refractivity contribution in [1.29, 1.82) is 0 Å². The molecule has 6 heteroatoms. The van der Waals surface area contributed by atoms with Crippen LogP contribution in [0.1, 0.15) is 47.3 Å². The standard InChI is InChI=1S/C21H28N4OS/c1-21(2,3)16-5-6-17-15(13-16)14-18(27-17)19(26)24-9-11-25(12-10-24)20-22-7-4-8-23-20/h4,7-8,14,16H,5-6,9-13H2,1-3H3/t16-/m1/s1. The van der Waals surface area contributed by atoms with E-state index in [-0.39, 0.29) is 5.91 Å². The summed E-state index contributed by atoms with van der Waals surface area (Å²) in [6, 6.07) is 4.00. The van der Waals surface area contributed by atoms with Crippen LogP contribution in [0.5, 0.6) is 0 Å². The van der Waals surface area contributed by atoms with Crippen LogP contribution >= 0.6 is 11.3 Å². The number of piperazine rings is 1. The van der Waals surface area contributed by atoms with Crippen LogP contribution in [0.25, 0.3) is 0 Å². The minimum Gasteiger partial charge on any atom is -0.337 e. The van der Waals surface area contributed by atoms with Gasteiger partial charge >= 0.3 is 0 Å². The molecule has 1 aliphatic carbocycles. The van der Waals surface area contributed by atoms with Gasteiger partial charge in [0.05, 0.1) is 4.88 Å². The van der Waals surface area contributed by atoms with Gasteiger partial charge in [0.15, 0.2) is 0 Å². The normalized spacial score (nSPS) is 20.5. The molecule has 0 unspecified atom stereocenters. The zero-order chi connectivity index (χ0) is 19.0. The topological polar surface area (TPSA) is 49.3 Å². The van der Waals surface area contributed by atoms with Crippen molar-refractivity contribution in [3.05, 3.63) is 39.8 Å². The number of carbonyl (C=O) groups excluding carboxylic acids is 1. The van der Waals surface area contributed by atoms with E-state index in [1.54, 1.807) is 23.7 Å². The van der Waals surface area contributed by atoms with Crippen LogP contribution < -0.4 is 4.90 Å². The lowest BCUT2D eigenvalue weighted by atomic mass is 9.72. The molecule has 1 fully saturated rings. The molecule has 5 nitrogen and oxygen atoms in total. The number of hydrogen-bond donors (Lipinski definition) is 0. The first-order chi connectivity index (χ1) is 12.9. The van der Waals surface area contributed by atoms with Gasteiger partial charge in [-0.25, -0.2) is 9.97 Å². The highest BCUT2D eigenvalue weighted by molar-refractivity contribution is 7.14. The number of amides is 1. The number of thiophene rings is 1. The van der Waals surface area contributed by atoms with Gasteiger partial charge in [0, 0.05) is 43.4 Å². The van der Waals surface area contributed by atoms with Crippen molar-refractivity contribution < 1.29 is 4.79 Å². The molecular weight excluding hydrogens is 356 g/mol. The van der Waals surface area contributed by atoms with Gasteiger partial charge in [0.25, 0.3) is 5.91 Å². The fraction of sp³-hybridized carbons (Fsp3) is 0.571. The Morgan fingerprint density at radius 3 is 2.52 bits per heavy atom. The molecule has 0 saturated carbocycles. The third-order valence-corrected chi connectivity index (χ3v) is 7.15. The zero-order valence-corrected chi connectivity index (χ0v) is 17.3. The number of carbonyl (C=O) groups is 1. The Balaban J connectivity index is 1.41. The number of rotatable bonds is 2. The highest BCUT2D eigenvalue weighted by atomic mass is 32.1. The number of anilines is 1. The van der Waals surface area contributed by atoms with E-state index in [0.717, 1.165) is 49.8 Å². The molecule has 0 bridgehead atoms. The second-order valence-electron chi connectivity index (χ2n) is 8.69. The average molecular weight is 385 g/mol. The van der Waals surface area contributed by atoms with Crippen LogP contribution in [0, 0.1) is 11.3 Å². The van der Waals surface area contributed by atoms with Crippen LogP contribution in [-0.4, -0.2) is 47.0 Å². The lowest BCUT2D eigenvalue weighted by molar-refractivity contribution is 0.0751. The van der Waals surface area contributed by atoms with Crippen molar-refractivity contribution in [2.75, 3.05) is 31.1 Å². The summed E-state index contributed by atoms with van der Waals surface area (Å²) in [4.78, 5) is 28.1. The van der Waals surface area contributed by atoms with E-state index < -0.39 is 0 Å². The minimum absolute atomic E-state index is 0.190.